The Morgan fingerprint density at radius 3 is 2.74 bits per heavy atom. The predicted octanol–water partition coefficient (Wildman–Crippen LogP) is 3.10. The molecule has 0 bridgehead atoms. The number of amides is 1. The number of nitrogens with one attached hydrogen (secondary N) is 2. The van der Waals surface area contributed by atoms with E-state index < -0.39 is 0 Å². The summed E-state index contributed by atoms with van der Waals surface area (Å²) in [7, 11) is 1.73. The normalized spacial score (nSPS) is 10.3. The van der Waals surface area contributed by atoms with Crippen molar-refractivity contribution in [3.8, 4) is 0 Å². The van der Waals surface area contributed by atoms with Crippen molar-refractivity contribution in [3.05, 3.63) is 33.4 Å². The zero-order valence-corrected chi connectivity index (χ0v) is 12.3. The van der Waals surface area contributed by atoms with Crippen LogP contribution >= 0.6 is 22.9 Å². The number of hydrogen-bond acceptors (Lipinski definition) is 5. The summed E-state index contributed by atoms with van der Waals surface area (Å²) in [5.41, 5.74) is 1.28. The standard InChI is InChI=1S/C12H13ClN4OS/c1-6-7(2)19-12(16-6)17-11(18)8-4-10(14-3)15-5-9(8)13/h4-5H,1-3H3,(H,14,15)(H,16,17,18). The predicted molar refractivity (Wildman–Crippen MR) is 78.3 cm³/mol. The molecule has 0 radical (unpaired) electrons. The van der Waals surface area contributed by atoms with Gasteiger partial charge in [0.15, 0.2) is 5.13 Å². The molecule has 0 saturated carbocycles. The molecule has 0 atom stereocenters. The number of hydrogen-bond donors (Lipinski definition) is 2. The van der Waals surface area contributed by atoms with Crippen LogP contribution in [-0.2, 0) is 0 Å². The Kier molecular flexibility index (Phi) is 4.01. The van der Waals surface area contributed by atoms with Crippen LogP contribution in [0.1, 0.15) is 20.9 Å². The van der Waals surface area contributed by atoms with Crippen LogP contribution in [-0.4, -0.2) is 22.9 Å². The third-order valence-corrected chi connectivity index (χ3v) is 3.89. The second-order valence-electron chi connectivity index (χ2n) is 3.91. The second-order valence-corrected chi connectivity index (χ2v) is 5.52. The zero-order valence-electron chi connectivity index (χ0n) is 10.7. The topological polar surface area (TPSA) is 66.9 Å². The Hall–Kier alpha value is -1.66. The van der Waals surface area contributed by atoms with E-state index in [-0.39, 0.29) is 5.91 Å². The van der Waals surface area contributed by atoms with E-state index in [1.165, 1.54) is 17.5 Å². The zero-order chi connectivity index (χ0) is 14.0. The fourth-order valence-corrected chi connectivity index (χ4v) is 2.44. The van der Waals surface area contributed by atoms with Gasteiger partial charge < -0.3 is 5.32 Å². The minimum absolute atomic E-state index is 0.294. The highest BCUT2D eigenvalue weighted by Gasteiger charge is 2.14. The molecule has 2 rings (SSSR count). The molecule has 0 saturated heterocycles. The van der Waals surface area contributed by atoms with Gasteiger partial charge in [-0.1, -0.05) is 11.6 Å². The van der Waals surface area contributed by atoms with E-state index in [0.29, 0.717) is 21.5 Å². The van der Waals surface area contributed by atoms with Crippen LogP contribution in [0.4, 0.5) is 10.9 Å². The first-order chi connectivity index (χ1) is 9.01. The molecular formula is C12H13ClN4OS. The minimum atomic E-state index is -0.294. The average molecular weight is 297 g/mol. The third kappa shape index (κ3) is 3.02. The quantitative estimate of drug-likeness (QED) is 0.913. The van der Waals surface area contributed by atoms with Crippen molar-refractivity contribution in [1.29, 1.82) is 0 Å². The minimum Gasteiger partial charge on any atom is -0.373 e. The van der Waals surface area contributed by atoms with Crippen molar-refractivity contribution < 1.29 is 4.79 Å². The van der Waals surface area contributed by atoms with E-state index in [9.17, 15) is 4.79 Å². The molecule has 0 aliphatic carbocycles. The van der Waals surface area contributed by atoms with Gasteiger partial charge >= 0.3 is 0 Å². The number of rotatable bonds is 3. The summed E-state index contributed by atoms with van der Waals surface area (Å²) >= 11 is 7.42. The smallest absolute Gasteiger partial charge is 0.259 e. The number of thiazole rings is 1. The van der Waals surface area contributed by atoms with Gasteiger partial charge in [0, 0.05) is 18.1 Å². The van der Waals surface area contributed by atoms with Gasteiger partial charge in [-0.2, -0.15) is 0 Å². The van der Waals surface area contributed by atoms with Crippen molar-refractivity contribution >= 4 is 39.8 Å². The van der Waals surface area contributed by atoms with Crippen LogP contribution in [0.2, 0.25) is 5.02 Å². The third-order valence-electron chi connectivity index (χ3n) is 2.61. The summed E-state index contributed by atoms with van der Waals surface area (Å²) in [6.07, 6.45) is 1.45. The molecule has 0 spiro atoms. The highest BCUT2D eigenvalue weighted by Crippen LogP contribution is 2.23. The molecule has 2 N–H and O–H groups in total. The molecular weight excluding hydrogens is 284 g/mol. The molecule has 100 valence electrons. The Morgan fingerprint density at radius 2 is 2.16 bits per heavy atom. The maximum absolute atomic E-state index is 12.1. The summed E-state index contributed by atoms with van der Waals surface area (Å²) in [6.45, 7) is 3.86. The van der Waals surface area contributed by atoms with E-state index >= 15 is 0 Å². The van der Waals surface area contributed by atoms with Crippen LogP contribution in [0, 0.1) is 13.8 Å². The van der Waals surface area contributed by atoms with Crippen LogP contribution in [0.5, 0.6) is 0 Å². The van der Waals surface area contributed by atoms with Crippen LogP contribution < -0.4 is 10.6 Å². The molecule has 1 amide bonds. The molecule has 2 aromatic rings. The maximum atomic E-state index is 12.1. The van der Waals surface area contributed by atoms with Crippen molar-refractivity contribution in [2.24, 2.45) is 0 Å². The first-order valence-electron chi connectivity index (χ1n) is 5.60. The summed E-state index contributed by atoms with van der Waals surface area (Å²) in [6, 6.07) is 1.60. The molecule has 0 fully saturated rings. The number of anilines is 2. The molecule has 2 aromatic heterocycles. The molecule has 7 heteroatoms. The summed E-state index contributed by atoms with van der Waals surface area (Å²) in [5, 5.41) is 6.48. The molecule has 0 aromatic carbocycles. The first kappa shape index (κ1) is 13.8. The van der Waals surface area contributed by atoms with E-state index in [4.69, 9.17) is 11.6 Å². The van der Waals surface area contributed by atoms with Gasteiger partial charge in [0.1, 0.15) is 5.82 Å². The Morgan fingerprint density at radius 1 is 1.42 bits per heavy atom. The lowest BCUT2D eigenvalue weighted by Crippen LogP contribution is -2.13. The lowest BCUT2D eigenvalue weighted by molar-refractivity contribution is 0.102. The highest BCUT2D eigenvalue weighted by atomic mass is 35.5. The van der Waals surface area contributed by atoms with E-state index in [1.807, 2.05) is 13.8 Å². The number of carbonyl (C=O) groups is 1. The largest absolute Gasteiger partial charge is 0.373 e. The fraction of sp³-hybridized carbons (Fsp3) is 0.250. The second kappa shape index (κ2) is 5.54. The Bertz CT molecular complexity index is 607. The SMILES string of the molecule is CNc1cc(C(=O)Nc2nc(C)c(C)s2)c(Cl)cn1. The highest BCUT2D eigenvalue weighted by molar-refractivity contribution is 7.15. The molecule has 19 heavy (non-hydrogen) atoms. The van der Waals surface area contributed by atoms with E-state index in [2.05, 4.69) is 20.6 Å². The molecule has 5 nitrogen and oxygen atoms in total. The van der Waals surface area contributed by atoms with Gasteiger partial charge in [0.25, 0.3) is 5.91 Å². The van der Waals surface area contributed by atoms with E-state index in [0.717, 1.165) is 10.6 Å². The van der Waals surface area contributed by atoms with Gasteiger partial charge in [-0.3, -0.25) is 10.1 Å². The maximum Gasteiger partial charge on any atom is 0.259 e. The Balaban J connectivity index is 2.24. The molecule has 0 aliphatic rings. The summed E-state index contributed by atoms with van der Waals surface area (Å²) in [5.74, 6) is 0.290. The molecule has 0 aliphatic heterocycles. The van der Waals surface area contributed by atoms with Crippen molar-refractivity contribution in [2.45, 2.75) is 13.8 Å². The van der Waals surface area contributed by atoms with Gasteiger partial charge in [-0.15, -0.1) is 11.3 Å². The van der Waals surface area contributed by atoms with Gasteiger partial charge in [0.05, 0.1) is 16.3 Å². The van der Waals surface area contributed by atoms with Gasteiger partial charge in [-0.05, 0) is 19.9 Å². The summed E-state index contributed by atoms with van der Waals surface area (Å²) < 4.78 is 0. The number of halogens is 1. The Labute approximate surface area is 120 Å². The number of aryl methyl sites for hydroxylation is 2. The van der Waals surface area contributed by atoms with Crippen LogP contribution in [0.25, 0.3) is 0 Å². The average Bonchev–Trinajstić information content (AvgIpc) is 2.68. The van der Waals surface area contributed by atoms with Crippen LogP contribution in [0.3, 0.4) is 0 Å². The first-order valence-corrected chi connectivity index (χ1v) is 6.79. The van der Waals surface area contributed by atoms with Crippen molar-refractivity contribution in [1.82, 2.24) is 9.97 Å². The molecule has 2 heterocycles. The van der Waals surface area contributed by atoms with Crippen molar-refractivity contribution in [3.63, 3.8) is 0 Å². The van der Waals surface area contributed by atoms with Gasteiger partial charge in [0.2, 0.25) is 0 Å². The molecule has 0 unspecified atom stereocenters. The lowest BCUT2D eigenvalue weighted by atomic mass is 10.2. The van der Waals surface area contributed by atoms with E-state index in [1.54, 1.807) is 13.1 Å². The van der Waals surface area contributed by atoms with Crippen LogP contribution in [0.15, 0.2) is 12.3 Å². The van der Waals surface area contributed by atoms with Crippen molar-refractivity contribution in [2.75, 3.05) is 17.7 Å². The number of aromatic nitrogens is 2. The van der Waals surface area contributed by atoms with Gasteiger partial charge in [-0.25, -0.2) is 9.97 Å². The fourth-order valence-electron chi connectivity index (χ4n) is 1.44. The summed E-state index contributed by atoms with van der Waals surface area (Å²) in [4.78, 5) is 21.5. The lowest BCUT2D eigenvalue weighted by Gasteiger charge is -2.06. The number of nitrogens with zero attached hydrogens (tertiary/aromatic N) is 2. The number of pyridine rings is 1. The number of carbonyl (C=O) groups excluding carboxylic acids is 1. The monoisotopic (exact) mass is 296 g/mol.